The largest absolute Gasteiger partial charge is 0.329 e. The van der Waals surface area contributed by atoms with E-state index in [2.05, 4.69) is 25.7 Å². The molecule has 0 atom stereocenters. The quantitative estimate of drug-likeness (QED) is 0.595. The average molecular weight is 170 g/mol. The predicted octanol–water partition coefficient (Wildman–Crippen LogP) is 1.67. The van der Waals surface area contributed by atoms with Crippen molar-refractivity contribution in [2.24, 2.45) is 5.73 Å². The van der Waals surface area contributed by atoms with E-state index in [1.54, 1.807) is 0 Å². The van der Waals surface area contributed by atoms with Gasteiger partial charge in [-0.2, -0.15) is 0 Å². The van der Waals surface area contributed by atoms with Crippen LogP contribution in [0.3, 0.4) is 0 Å². The van der Waals surface area contributed by atoms with Crippen molar-refractivity contribution in [3.8, 4) is 0 Å². The molecular weight excluding hydrogens is 148 g/mol. The predicted molar refractivity (Wildman–Crippen MR) is 55.2 cm³/mol. The van der Waals surface area contributed by atoms with Crippen molar-refractivity contribution in [1.29, 1.82) is 0 Å². The highest BCUT2D eigenvalue weighted by Gasteiger charge is 2.22. The van der Waals surface area contributed by atoms with Crippen LogP contribution in [0.1, 0.15) is 33.6 Å². The zero-order valence-electron chi connectivity index (χ0n) is 8.61. The highest BCUT2D eigenvalue weighted by Crippen LogP contribution is 2.12. The molecule has 3 N–H and O–H groups in total. The molecule has 0 spiro atoms. The first kappa shape index (κ1) is 11.7. The number of hydrogen-bond acceptors (Lipinski definition) is 2. The topological polar surface area (TPSA) is 38.0 Å². The van der Waals surface area contributed by atoms with Crippen LogP contribution in [0.25, 0.3) is 0 Å². The SMILES string of the molecule is C=C(C)CNC(CC)(CC)CN. The van der Waals surface area contributed by atoms with Crippen molar-refractivity contribution in [3.05, 3.63) is 12.2 Å². The molecule has 0 aromatic rings. The van der Waals surface area contributed by atoms with Crippen molar-refractivity contribution in [2.45, 2.75) is 39.2 Å². The number of hydrogen-bond donors (Lipinski definition) is 2. The Balaban J connectivity index is 4.01. The minimum absolute atomic E-state index is 0.124. The maximum absolute atomic E-state index is 5.72. The highest BCUT2D eigenvalue weighted by atomic mass is 15.0. The van der Waals surface area contributed by atoms with Crippen LogP contribution < -0.4 is 11.1 Å². The van der Waals surface area contributed by atoms with Gasteiger partial charge in [-0.3, -0.25) is 0 Å². The van der Waals surface area contributed by atoms with Gasteiger partial charge in [0.2, 0.25) is 0 Å². The van der Waals surface area contributed by atoms with Crippen LogP contribution in [0.15, 0.2) is 12.2 Å². The van der Waals surface area contributed by atoms with Crippen LogP contribution in [0, 0.1) is 0 Å². The molecule has 0 saturated carbocycles. The normalized spacial score (nSPS) is 11.7. The molecule has 0 aliphatic heterocycles. The zero-order chi connectivity index (χ0) is 9.61. The second-order valence-electron chi connectivity index (χ2n) is 3.50. The van der Waals surface area contributed by atoms with Crippen molar-refractivity contribution >= 4 is 0 Å². The summed E-state index contributed by atoms with van der Waals surface area (Å²) in [5.41, 5.74) is 7.01. The Morgan fingerprint density at radius 2 is 1.92 bits per heavy atom. The second kappa shape index (κ2) is 5.33. The molecule has 0 fully saturated rings. The molecule has 0 radical (unpaired) electrons. The van der Waals surface area contributed by atoms with Gasteiger partial charge < -0.3 is 11.1 Å². The molecule has 0 saturated heterocycles. The molecule has 0 aliphatic rings. The summed E-state index contributed by atoms with van der Waals surface area (Å²) < 4.78 is 0. The van der Waals surface area contributed by atoms with Gasteiger partial charge in [0.1, 0.15) is 0 Å². The number of rotatable bonds is 6. The number of nitrogens with one attached hydrogen (secondary N) is 1. The first-order valence-corrected chi connectivity index (χ1v) is 4.69. The van der Waals surface area contributed by atoms with Gasteiger partial charge in [0.25, 0.3) is 0 Å². The van der Waals surface area contributed by atoms with Gasteiger partial charge in [0.15, 0.2) is 0 Å². The third-order valence-corrected chi connectivity index (χ3v) is 2.51. The summed E-state index contributed by atoms with van der Waals surface area (Å²) in [5.74, 6) is 0. The molecule has 0 rings (SSSR count). The fourth-order valence-electron chi connectivity index (χ4n) is 1.20. The summed E-state index contributed by atoms with van der Waals surface area (Å²) in [6.45, 7) is 11.8. The smallest absolute Gasteiger partial charge is 0.0301 e. The van der Waals surface area contributed by atoms with E-state index in [0.717, 1.165) is 25.0 Å². The molecule has 12 heavy (non-hydrogen) atoms. The van der Waals surface area contributed by atoms with Crippen molar-refractivity contribution in [1.82, 2.24) is 5.32 Å². The van der Waals surface area contributed by atoms with Gasteiger partial charge >= 0.3 is 0 Å². The minimum Gasteiger partial charge on any atom is -0.329 e. The lowest BCUT2D eigenvalue weighted by molar-refractivity contribution is 0.320. The maximum Gasteiger partial charge on any atom is 0.0301 e. The van der Waals surface area contributed by atoms with Crippen molar-refractivity contribution < 1.29 is 0 Å². The first-order chi connectivity index (χ1) is 5.60. The Hall–Kier alpha value is -0.340. The molecule has 0 unspecified atom stereocenters. The average Bonchev–Trinajstić information content (AvgIpc) is 2.08. The Labute approximate surface area is 76.2 Å². The van der Waals surface area contributed by atoms with E-state index in [1.165, 1.54) is 0 Å². The van der Waals surface area contributed by atoms with Gasteiger partial charge in [0.05, 0.1) is 0 Å². The summed E-state index contributed by atoms with van der Waals surface area (Å²) in [6, 6.07) is 0. The molecule has 0 heterocycles. The standard InChI is InChI=1S/C10H22N2/c1-5-10(6-2,8-11)12-7-9(3)4/h12H,3,5-8,11H2,1-2,4H3. The molecule has 2 heteroatoms. The molecule has 0 bridgehead atoms. The lowest BCUT2D eigenvalue weighted by atomic mass is 9.93. The summed E-state index contributed by atoms with van der Waals surface area (Å²) in [7, 11) is 0. The van der Waals surface area contributed by atoms with Crippen LogP contribution in [-0.2, 0) is 0 Å². The van der Waals surface area contributed by atoms with Gasteiger partial charge in [-0.05, 0) is 19.8 Å². The Bertz CT molecular complexity index is 129. The Morgan fingerprint density at radius 1 is 1.42 bits per heavy atom. The van der Waals surface area contributed by atoms with Crippen molar-refractivity contribution in [2.75, 3.05) is 13.1 Å². The summed E-state index contributed by atoms with van der Waals surface area (Å²) in [4.78, 5) is 0. The minimum atomic E-state index is 0.124. The van der Waals surface area contributed by atoms with Crippen LogP contribution in [0.4, 0.5) is 0 Å². The van der Waals surface area contributed by atoms with E-state index in [-0.39, 0.29) is 5.54 Å². The summed E-state index contributed by atoms with van der Waals surface area (Å²) in [5, 5.41) is 3.46. The second-order valence-corrected chi connectivity index (χ2v) is 3.50. The fraction of sp³-hybridized carbons (Fsp3) is 0.800. The van der Waals surface area contributed by atoms with Gasteiger partial charge in [-0.1, -0.05) is 26.0 Å². The molecule has 0 aromatic heterocycles. The molecular formula is C10H22N2. The first-order valence-electron chi connectivity index (χ1n) is 4.69. The molecule has 0 aliphatic carbocycles. The highest BCUT2D eigenvalue weighted by molar-refractivity contribution is 4.96. The van der Waals surface area contributed by atoms with Crippen LogP contribution >= 0.6 is 0 Å². The third-order valence-electron chi connectivity index (χ3n) is 2.51. The van der Waals surface area contributed by atoms with Crippen LogP contribution in [0.2, 0.25) is 0 Å². The lowest BCUT2D eigenvalue weighted by Crippen LogP contribution is -2.50. The Kier molecular flexibility index (Phi) is 5.18. The lowest BCUT2D eigenvalue weighted by Gasteiger charge is -2.31. The summed E-state index contributed by atoms with van der Waals surface area (Å²) in [6.07, 6.45) is 2.15. The van der Waals surface area contributed by atoms with E-state index in [0.29, 0.717) is 6.54 Å². The summed E-state index contributed by atoms with van der Waals surface area (Å²) >= 11 is 0. The maximum atomic E-state index is 5.72. The Morgan fingerprint density at radius 3 is 2.17 bits per heavy atom. The van der Waals surface area contributed by atoms with E-state index in [1.807, 2.05) is 6.92 Å². The molecule has 72 valence electrons. The number of nitrogens with two attached hydrogens (primary N) is 1. The van der Waals surface area contributed by atoms with E-state index >= 15 is 0 Å². The molecule has 0 aromatic carbocycles. The fourth-order valence-corrected chi connectivity index (χ4v) is 1.20. The van der Waals surface area contributed by atoms with Gasteiger partial charge in [0, 0.05) is 18.6 Å². The van der Waals surface area contributed by atoms with Gasteiger partial charge in [-0.25, -0.2) is 0 Å². The van der Waals surface area contributed by atoms with E-state index in [9.17, 15) is 0 Å². The monoisotopic (exact) mass is 170 g/mol. The van der Waals surface area contributed by atoms with Crippen LogP contribution in [0.5, 0.6) is 0 Å². The molecule has 2 nitrogen and oxygen atoms in total. The third kappa shape index (κ3) is 3.37. The van der Waals surface area contributed by atoms with Crippen molar-refractivity contribution in [3.63, 3.8) is 0 Å². The van der Waals surface area contributed by atoms with E-state index in [4.69, 9.17) is 5.73 Å². The van der Waals surface area contributed by atoms with Crippen LogP contribution in [-0.4, -0.2) is 18.6 Å². The van der Waals surface area contributed by atoms with E-state index < -0.39 is 0 Å². The zero-order valence-corrected chi connectivity index (χ0v) is 8.61. The van der Waals surface area contributed by atoms with Gasteiger partial charge in [-0.15, -0.1) is 0 Å². The molecule has 0 amide bonds.